The highest BCUT2D eigenvalue weighted by Gasteiger charge is 2.26. The van der Waals surface area contributed by atoms with Gasteiger partial charge in [0, 0.05) is 6.54 Å². The first-order valence-corrected chi connectivity index (χ1v) is 12.7. The van der Waals surface area contributed by atoms with Gasteiger partial charge in [0.25, 0.3) is 0 Å². The van der Waals surface area contributed by atoms with Crippen molar-refractivity contribution in [2.45, 2.75) is 41.3 Å². The minimum Gasteiger partial charge on any atom is -0.468 e. The number of aryl methyl sites for hydroxylation is 1. The van der Waals surface area contributed by atoms with Crippen LogP contribution in [0.25, 0.3) is 0 Å². The molecule has 0 aliphatic rings. The lowest BCUT2D eigenvalue weighted by atomic mass is 10.1. The molecular weight excluding hydrogens is 436 g/mol. The molecule has 1 atom stereocenters. The van der Waals surface area contributed by atoms with Crippen LogP contribution in [-0.2, 0) is 29.6 Å². The summed E-state index contributed by atoms with van der Waals surface area (Å²) in [5.41, 5.74) is 0.915. The molecule has 0 bridgehead atoms. The molecule has 11 heteroatoms. The maximum absolute atomic E-state index is 12.5. The van der Waals surface area contributed by atoms with Crippen LogP contribution in [0.1, 0.15) is 24.8 Å². The number of nitrogens with one attached hydrogen (secondary N) is 2. The van der Waals surface area contributed by atoms with Gasteiger partial charge in [-0.15, -0.1) is 11.3 Å². The summed E-state index contributed by atoms with van der Waals surface area (Å²) in [5, 5.41) is 1.68. The van der Waals surface area contributed by atoms with Gasteiger partial charge in [-0.3, -0.25) is 4.79 Å². The lowest BCUT2D eigenvalue weighted by Gasteiger charge is -2.17. The van der Waals surface area contributed by atoms with E-state index < -0.39 is 32.1 Å². The van der Waals surface area contributed by atoms with Crippen LogP contribution in [0.4, 0.5) is 0 Å². The van der Waals surface area contributed by atoms with Crippen molar-refractivity contribution >= 4 is 37.4 Å². The maximum atomic E-state index is 12.5. The number of sulfonamides is 2. The third kappa shape index (κ3) is 6.89. The van der Waals surface area contributed by atoms with Crippen LogP contribution in [0.5, 0.6) is 0 Å². The predicted octanol–water partition coefficient (Wildman–Crippen LogP) is 2.03. The molecule has 0 saturated heterocycles. The lowest BCUT2D eigenvalue weighted by Crippen LogP contribution is -2.41. The van der Waals surface area contributed by atoms with Crippen molar-refractivity contribution in [2.24, 2.45) is 0 Å². The molecule has 2 aromatic rings. The van der Waals surface area contributed by atoms with E-state index in [0.29, 0.717) is 12.8 Å². The van der Waals surface area contributed by atoms with Gasteiger partial charge in [-0.1, -0.05) is 23.8 Å². The molecule has 0 radical (unpaired) electrons. The van der Waals surface area contributed by atoms with Gasteiger partial charge in [-0.25, -0.2) is 21.6 Å². The lowest BCUT2D eigenvalue weighted by molar-refractivity contribution is -0.142. The zero-order chi connectivity index (χ0) is 21.5. The van der Waals surface area contributed by atoms with E-state index >= 15 is 0 Å². The third-order valence-electron chi connectivity index (χ3n) is 4.09. The number of carbonyl (C=O) groups excluding carboxylic acids is 1. The molecule has 0 aliphatic carbocycles. The Bertz CT molecular complexity index is 1000. The fourth-order valence-corrected chi connectivity index (χ4v) is 5.84. The molecule has 160 valence electrons. The average Bonchev–Trinajstić information content (AvgIpc) is 3.22. The van der Waals surface area contributed by atoms with E-state index in [-0.39, 0.29) is 22.1 Å². The molecule has 0 aliphatic heterocycles. The Morgan fingerprint density at radius 3 is 2.34 bits per heavy atom. The molecular formula is C18H24N2O6S3. The van der Waals surface area contributed by atoms with Crippen LogP contribution in [-0.4, -0.2) is 42.5 Å². The highest BCUT2D eigenvalue weighted by molar-refractivity contribution is 7.91. The summed E-state index contributed by atoms with van der Waals surface area (Å²) in [6.45, 7) is 2.02. The van der Waals surface area contributed by atoms with Crippen molar-refractivity contribution < 1.29 is 26.4 Å². The summed E-state index contributed by atoms with van der Waals surface area (Å²) in [5.74, 6) is -0.695. The normalized spacial score (nSPS) is 13.2. The average molecular weight is 461 g/mol. The van der Waals surface area contributed by atoms with Crippen molar-refractivity contribution in [3.8, 4) is 0 Å². The number of carbonyl (C=O) groups is 1. The summed E-state index contributed by atoms with van der Waals surface area (Å²) in [7, 11) is -6.24. The number of rotatable bonds is 11. The second kappa shape index (κ2) is 10.3. The van der Waals surface area contributed by atoms with Crippen molar-refractivity contribution in [1.29, 1.82) is 0 Å². The number of benzene rings is 1. The first kappa shape index (κ1) is 23.5. The largest absolute Gasteiger partial charge is 0.468 e. The van der Waals surface area contributed by atoms with Crippen LogP contribution in [0.15, 0.2) is 50.9 Å². The Kier molecular flexibility index (Phi) is 8.34. The zero-order valence-electron chi connectivity index (χ0n) is 16.1. The Labute approximate surface area is 175 Å². The van der Waals surface area contributed by atoms with Gasteiger partial charge in [0.05, 0.1) is 12.0 Å². The van der Waals surface area contributed by atoms with E-state index in [1.807, 2.05) is 6.92 Å². The highest BCUT2D eigenvalue weighted by atomic mass is 32.2. The topological polar surface area (TPSA) is 119 Å². The first-order valence-electron chi connectivity index (χ1n) is 8.86. The van der Waals surface area contributed by atoms with Gasteiger partial charge in [0.15, 0.2) is 0 Å². The Hall–Kier alpha value is -1.79. The number of esters is 1. The Morgan fingerprint density at radius 1 is 1.07 bits per heavy atom. The quantitative estimate of drug-likeness (QED) is 0.391. The minimum atomic E-state index is -3.89. The minimum absolute atomic E-state index is 0.0562. The molecule has 0 fully saturated rings. The van der Waals surface area contributed by atoms with E-state index in [1.54, 1.807) is 23.6 Å². The van der Waals surface area contributed by atoms with Crippen LogP contribution in [0, 0.1) is 6.92 Å². The smallest absolute Gasteiger partial charge is 0.323 e. The number of hydrogen-bond acceptors (Lipinski definition) is 7. The van der Waals surface area contributed by atoms with Crippen molar-refractivity contribution in [3.63, 3.8) is 0 Å². The zero-order valence-corrected chi connectivity index (χ0v) is 18.6. The Balaban J connectivity index is 1.90. The van der Waals surface area contributed by atoms with Crippen LogP contribution in [0.2, 0.25) is 0 Å². The summed E-state index contributed by atoms with van der Waals surface area (Å²) in [6, 6.07) is 8.38. The van der Waals surface area contributed by atoms with Gasteiger partial charge >= 0.3 is 5.97 Å². The number of unbranched alkanes of at least 4 members (excludes halogenated alkanes) is 1. The second-order valence-electron chi connectivity index (χ2n) is 6.34. The van der Waals surface area contributed by atoms with Crippen LogP contribution < -0.4 is 9.44 Å². The van der Waals surface area contributed by atoms with Crippen LogP contribution in [0.3, 0.4) is 0 Å². The fourth-order valence-electron chi connectivity index (χ4n) is 2.51. The van der Waals surface area contributed by atoms with Gasteiger partial charge in [0.2, 0.25) is 20.0 Å². The predicted molar refractivity (Wildman–Crippen MR) is 111 cm³/mol. The second-order valence-corrected chi connectivity index (χ2v) is 11.0. The number of thiophene rings is 1. The summed E-state index contributed by atoms with van der Waals surface area (Å²) >= 11 is 1.12. The van der Waals surface area contributed by atoms with E-state index in [4.69, 9.17) is 4.74 Å². The van der Waals surface area contributed by atoms with E-state index in [2.05, 4.69) is 9.44 Å². The molecule has 0 spiro atoms. The standard InChI is InChI=1S/C18H24N2O6S3/c1-14-8-10-15(11-9-14)28(22,23)20-16(18(21)26-2)6-3-4-12-19-29(24,25)17-7-5-13-27-17/h5,7-11,13,16,19-20H,3-4,6,12H2,1-2H3. The molecule has 1 aromatic heterocycles. The molecule has 1 heterocycles. The monoisotopic (exact) mass is 460 g/mol. The highest BCUT2D eigenvalue weighted by Crippen LogP contribution is 2.16. The van der Waals surface area contributed by atoms with Crippen molar-refractivity contribution in [2.75, 3.05) is 13.7 Å². The molecule has 0 amide bonds. The number of hydrogen-bond donors (Lipinski definition) is 2. The summed E-state index contributed by atoms with van der Waals surface area (Å²) in [6.07, 6.45) is 1.03. The van der Waals surface area contributed by atoms with E-state index in [1.165, 1.54) is 25.3 Å². The van der Waals surface area contributed by atoms with Gasteiger partial charge in [0.1, 0.15) is 10.3 Å². The van der Waals surface area contributed by atoms with Gasteiger partial charge in [-0.2, -0.15) is 4.72 Å². The maximum Gasteiger partial charge on any atom is 0.323 e. The van der Waals surface area contributed by atoms with Crippen molar-refractivity contribution in [1.82, 2.24) is 9.44 Å². The fraction of sp³-hybridized carbons (Fsp3) is 0.389. The molecule has 2 rings (SSSR count). The molecule has 0 saturated carbocycles. The molecule has 2 N–H and O–H groups in total. The van der Waals surface area contributed by atoms with E-state index in [9.17, 15) is 21.6 Å². The van der Waals surface area contributed by atoms with Crippen molar-refractivity contribution in [3.05, 3.63) is 47.3 Å². The number of ether oxygens (including phenoxy) is 1. The third-order valence-corrected chi connectivity index (χ3v) is 8.43. The summed E-state index contributed by atoms with van der Waals surface area (Å²) < 4.78 is 58.9. The molecule has 29 heavy (non-hydrogen) atoms. The SMILES string of the molecule is COC(=O)C(CCCCNS(=O)(=O)c1cccs1)NS(=O)(=O)c1ccc(C)cc1. The summed E-state index contributed by atoms with van der Waals surface area (Å²) in [4.78, 5) is 12.1. The Morgan fingerprint density at radius 2 is 1.76 bits per heavy atom. The first-order chi connectivity index (χ1) is 13.7. The van der Waals surface area contributed by atoms with E-state index in [0.717, 1.165) is 16.9 Å². The van der Waals surface area contributed by atoms with Crippen LogP contribution >= 0.6 is 11.3 Å². The van der Waals surface area contributed by atoms with Gasteiger partial charge in [-0.05, 0) is 49.8 Å². The molecule has 1 aromatic carbocycles. The number of methoxy groups -OCH3 is 1. The molecule has 8 nitrogen and oxygen atoms in total. The van der Waals surface area contributed by atoms with Gasteiger partial charge < -0.3 is 4.74 Å². The molecule has 1 unspecified atom stereocenters.